The van der Waals surface area contributed by atoms with Crippen LogP contribution in [0.2, 0.25) is 0 Å². The predicted octanol–water partition coefficient (Wildman–Crippen LogP) is 0.348. The van der Waals surface area contributed by atoms with Crippen molar-refractivity contribution in [1.29, 1.82) is 0 Å². The Bertz CT molecular complexity index is 285. The summed E-state index contributed by atoms with van der Waals surface area (Å²) in [5.41, 5.74) is 6.39. The molecule has 1 aromatic heterocycles. The summed E-state index contributed by atoms with van der Waals surface area (Å²) in [6, 6.07) is 0. The molecule has 1 fully saturated rings. The molecule has 5 nitrogen and oxygen atoms in total. The van der Waals surface area contributed by atoms with E-state index in [2.05, 4.69) is 15.2 Å². The fourth-order valence-electron chi connectivity index (χ4n) is 1.52. The summed E-state index contributed by atoms with van der Waals surface area (Å²) in [7, 11) is 0. The molecule has 13 heavy (non-hydrogen) atoms. The minimum Gasteiger partial charge on any atom is -0.381 e. The van der Waals surface area contributed by atoms with Gasteiger partial charge in [-0.2, -0.15) is 5.10 Å². The van der Waals surface area contributed by atoms with Crippen LogP contribution in [0.5, 0.6) is 0 Å². The smallest absolute Gasteiger partial charge is 0.240 e. The Labute approximate surface area is 76.3 Å². The Morgan fingerprint density at radius 1 is 1.38 bits per heavy atom. The zero-order chi connectivity index (χ0) is 9.10. The van der Waals surface area contributed by atoms with Crippen molar-refractivity contribution in [2.75, 3.05) is 18.9 Å². The lowest BCUT2D eigenvalue weighted by molar-refractivity contribution is 0.0844. The van der Waals surface area contributed by atoms with Gasteiger partial charge in [-0.25, -0.2) is 4.98 Å². The van der Waals surface area contributed by atoms with Crippen LogP contribution in [-0.4, -0.2) is 28.4 Å². The molecule has 0 unspecified atom stereocenters. The maximum atomic E-state index is 5.45. The van der Waals surface area contributed by atoms with Crippen molar-refractivity contribution in [1.82, 2.24) is 15.2 Å². The number of nitrogens with two attached hydrogens (primary N) is 1. The molecule has 1 aromatic rings. The SMILES string of the molecule is Nc1nncc(C2CCOCC2)n1. The van der Waals surface area contributed by atoms with Gasteiger partial charge in [-0.05, 0) is 12.8 Å². The zero-order valence-electron chi connectivity index (χ0n) is 7.31. The minimum atomic E-state index is 0.254. The lowest BCUT2D eigenvalue weighted by Crippen LogP contribution is -2.16. The molecule has 0 amide bonds. The Balaban J connectivity index is 2.14. The summed E-state index contributed by atoms with van der Waals surface area (Å²) in [6.45, 7) is 1.60. The summed E-state index contributed by atoms with van der Waals surface area (Å²) in [4.78, 5) is 4.15. The van der Waals surface area contributed by atoms with Crippen LogP contribution >= 0.6 is 0 Å². The van der Waals surface area contributed by atoms with Gasteiger partial charge >= 0.3 is 0 Å². The fraction of sp³-hybridized carbons (Fsp3) is 0.625. The van der Waals surface area contributed by atoms with Gasteiger partial charge in [-0.1, -0.05) is 0 Å². The van der Waals surface area contributed by atoms with Gasteiger partial charge in [-0.3, -0.25) is 0 Å². The molecule has 2 N–H and O–H groups in total. The van der Waals surface area contributed by atoms with E-state index in [1.165, 1.54) is 0 Å². The number of nitrogens with zero attached hydrogens (tertiary/aromatic N) is 3. The largest absolute Gasteiger partial charge is 0.381 e. The molecule has 1 aliphatic heterocycles. The average Bonchev–Trinajstić information content (AvgIpc) is 2.19. The molecule has 1 aliphatic rings. The van der Waals surface area contributed by atoms with Crippen molar-refractivity contribution in [3.63, 3.8) is 0 Å². The van der Waals surface area contributed by atoms with E-state index < -0.39 is 0 Å². The number of anilines is 1. The Kier molecular flexibility index (Phi) is 2.35. The second-order valence-corrected chi connectivity index (χ2v) is 3.13. The van der Waals surface area contributed by atoms with Crippen LogP contribution in [0, 0.1) is 0 Å². The maximum absolute atomic E-state index is 5.45. The minimum absolute atomic E-state index is 0.254. The molecule has 5 heteroatoms. The van der Waals surface area contributed by atoms with Crippen LogP contribution in [-0.2, 0) is 4.74 Å². The first-order chi connectivity index (χ1) is 6.36. The summed E-state index contributed by atoms with van der Waals surface area (Å²) >= 11 is 0. The highest BCUT2D eigenvalue weighted by molar-refractivity contribution is 5.16. The Morgan fingerprint density at radius 3 is 2.85 bits per heavy atom. The molecule has 2 rings (SSSR count). The summed E-state index contributed by atoms with van der Waals surface area (Å²) in [5, 5.41) is 7.40. The molecule has 0 aromatic carbocycles. The van der Waals surface area contributed by atoms with Crippen molar-refractivity contribution >= 4 is 5.95 Å². The van der Waals surface area contributed by atoms with Crippen molar-refractivity contribution < 1.29 is 4.74 Å². The summed E-state index contributed by atoms with van der Waals surface area (Å²) < 4.78 is 5.26. The van der Waals surface area contributed by atoms with E-state index in [-0.39, 0.29) is 5.95 Å². The number of hydrogen-bond donors (Lipinski definition) is 1. The molecule has 0 atom stereocenters. The lowest BCUT2D eigenvalue weighted by atomic mass is 9.97. The zero-order valence-corrected chi connectivity index (χ0v) is 7.31. The van der Waals surface area contributed by atoms with E-state index in [1.54, 1.807) is 6.20 Å². The van der Waals surface area contributed by atoms with Gasteiger partial charge in [0.25, 0.3) is 0 Å². The number of hydrogen-bond acceptors (Lipinski definition) is 5. The second-order valence-electron chi connectivity index (χ2n) is 3.13. The van der Waals surface area contributed by atoms with Crippen molar-refractivity contribution in [2.24, 2.45) is 0 Å². The molecule has 0 radical (unpaired) electrons. The van der Waals surface area contributed by atoms with E-state index in [9.17, 15) is 0 Å². The number of ether oxygens (including phenoxy) is 1. The standard InChI is InChI=1S/C8H12N4O/c9-8-11-7(5-10-12-8)6-1-3-13-4-2-6/h5-6H,1-4H2,(H2,9,11,12). The molecule has 0 aliphatic carbocycles. The molecule has 0 bridgehead atoms. The van der Waals surface area contributed by atoms with Crippen LogP contribution in [0.1, 0.15) is 24.5 Å². The van der Waals surface area contributed by atoms with Gasteiger partial charge < -0.3 is 10.5 Å². The van der Waals surface area contributed by atoms with Gasteiger partial charge in [0.05, 0.1) is 11.9 Å². The number of rotatable bonds is 1. The highest BCUT2D eigenvalue weighted by Gasteiger charge is 2.17. The average molecular weight is 180 g/mol. The van der Waals surface area contributed by atoms with E-state index in [0.29, 0.717) is 5.92 Å². The molecule has 0 saturated carbocycles. The fourth-order valence-corrected chi connectivity index (χ4v) is 1.52. The third-order valence-corrected chi connectivity index (χ3v) is 2.23. The van der Waals surface area contributed by atoms with Crippen LogP contribution in [0.25, 0.3) is 0 Å². The summed E-state index contributed by atoms with van der Waals surface area (Å²) in [5.74, 6) is 0.690. The first-order valence-electron chi connectivity index (χ1n) is 4.39. The van der Waals surface area contributed by atoms with Gasteiger partial charge in [-0.15, -0.1) is 5.10 Å². The first-order valence-corrected chi connectivity index (χ1v) is 4.39. The Hall–Kier alpha value is -1.23. The van der Waals surface area contributed by atoms with E-state index in [4.69, 9.17) is 10.5 Å². The summed E-state index contributed by atoms with van der Waals surface area (Å²) in [6.07, 6.45) is 3.68. The highest BCUT2D eigenvalue weighted by atomic mass is 16.5. The van der Waals surface area contributed by atoms with Crippen LogP contribution in [0.4, 0.5) is 5.95 Å². The monoisotopic (exact) mass is 180 g/mol. The number of nitrogen functional groups attached to an aromatic ring is 1. The molecule has 70 valence electrons. The van der Waals surface area contributed by atoms with Gasteiger partial charge in [0, 0.05) is 19.1 Å². The van der Waals surface area contributed by atoms with Crippen LogP contribution in [0.3, 0.4) is 0 Å². The normalized spacial score (nSPS) is 18.8. The van der Waals surface area contributed by atoms with Gasteiger partial charge in [0.1, 0.15) is 0 Å². The van der Waals surface area contributed by atoms with Crippen molar-refractivity contribution in [3.05, 3.63) is 11.9 Å². The molecule has 0 spiro atoms. The predicted molar refractivity (Wildman–Crippen MR) is 47.0 cm³/mol. The van der Waals surface area contributed by atoms with Gasteiger partial charge in [0.2, 0.25) is 5.95 Å². The van der Waals surface area contributed by atoms with Gasteiger partial charge in [0.15, 0.2) is 0 Å². The topological polar surface area (TPSA) is 73.9 Å². The van der Waals surface area contributed by atoms with Crippen molar-refractivity contribution in [2.45, 2.75) is 18.8 Å². The molecule has 2 heterocycles. The third kappa shape index (κ3) is 1.92. The first kappa shape index (κ1) is 8.37. The van der Waals surface area contributed by atoms with E-state index >= 15 is 0 Å². The molecule has 1 saturated heterocycles. The Morgan fingerprint density at radius 2 is 2.15 bits per heavy atom. The second kappa shape index (κ2) is 3.66. The van der Waals surface area contributed by atoms with Crippen LogP contribution in [0.15, 0.2) is 6.20 Å². The third-order valence-electron chi connectivity index (χ3n) is 2.23. The van der Waals surface area contributed by atoms with E-state index in [1.807, 2.05) is 0 Å². The lowest BCUT2D eigenvalue weighted by Gasteiger charge is -2.20. The van der Waals surface area contributed by atoms with Crippen LogP contribution < -0.4 is 5.73 Å². The molecular formula is C8H12N4O. The maximum Gasteiger partial charge on any atom is 0.240 e. The quantitative estimate of drug-likeness (QED) is 0.675. The highest BCUT2D eigenvalue weighted by Crippen LogP contribution is 2.24. The molecular weight excluding hydrogens is 168 g/mol. The van der Waals surface area contributed by atoms with Crippen molar-refractivity contribution in [3.8, 4) is 0 Å². The van der Waals surface area contributed by atoms with E-state index in [0.717, 1.165) is 31.7 Å². The number of aromatic nitrogens is 3.